The number of nitrogens with zero attached hydrogens (tertiary/aromatic N) is 3. The van der Waals surface area contributed by atoms with Gasteiger partial charge in [-0.05, 0) is 28.8 Å². The molecule has 1 aliphatic heterocycles. The third-order valence-electron chi connectivity index (χ3n) is 3.94. The van der Waals surface area contributed by atoms with Crippen molar-refractivity contribution in [3.63, 3.8) is 0 Å². The van der Waals surface area contributed by atoms with E-state index in [2.05, 4.69) is 38.1 Å². The van der Waals surface area contributed by atoms with Gasteiger partial charge in [-0.2, -0.15) is 0 Å². The van der Waals surface area contributed by atoms with E-state index in [1.165, 1.54) is 16.7 Å². The Morgan fingerprint density at radius 3 is 2.76 bits per heavy atom. The SMILES string of the molecule is c1cc(-c2cncn2Cc2ccc3c(c2)CNC3)ccn1. The molecular formula is C17H16N4. The monoisotopic (exact) mass is 276 g/mol. The van der Waals surface area contributed by atoms with Crippen molar-refractivity contribution >= 4 is 0 Å². The summed E-state index contributed by atoms with van der Waals surface area (Å²) in [6.07, 6.45) is 7.42. The Kier molecular flexibility index (Phi) is 3.01. The van der Waals surface area contributed by atoms with Crippen molar-refractivity contribution in [2.45, 2.75) is 19.6 Å². The molecule has 2 aromatic heterocycles. The molecule has 0 aliphatic carbocycles. The lowest BCUT2D eigenvalue weighted by Gasteiger charge is -2.09. The first-order chi connectivity index (χ1) is 10.4. The summed E-state index contributed by atoms with van der Waals surface area (Å²) in [7, 11) is 0. The minimum Gasteiger partial charge on any atom is -0.326 e. The van der Waals surface area contributed by atoms with Crippen molar-refractivity contribution in [2.24, 2.45) is 0 Å². The van der Waals surface area contributed by atoms with E-state index in [9.17, 15) is 0 Å². The van der Waals surface area contributed by atoms with Gasteiger partial charge < -0.3 is 9.88 Å². The van der Waals surface area contributed by atoms with Gasteiger partial charge in [0, 0.05) is 37.6 Å². The second-order valence-corrected chi connectivity index (χ2v) is 5.35. The third-order valence-corrected chi connectivity index (χ3v) is 3.94. The molecule has 21 heavy (non-hydrogen) atoms. The molecular weight excluding hydrogens is 260 g/mol. The van der Waals surface area contributed by atoms with Crippen LogP contribution in [0.3, 0.4) is 0 Å². The molecule has 4 heteroatoms. The molecule has 0 saturated carbocycles. The average Bonchev–Trinajstić information content (AvgIpc) is 3.16. The van der Waals surface area contributed by atoms with Crippen LogP contribution in [0.4, 0.5) is 0 Å². The summed E-state index contributed by atoms with van der Waals surface area (Å²) in [5.74, 6) is 0. The van der Waals surface area contributed by atoms with E-state index in [1.54, 1.807) is 0 Å². The lowest BCUT2D eigenvalue weighted by Crippen LogP contribution is -2.01. The number of fused-ring (bicyclic) bond motifs is 1. The van der Waals surface area contributed by atoms with Gasteiger partial charge in [0.1, 0.15) is 0 Å². The fraction of sp³-hybridized carbons (Fsp3) is 0.176. The van der Waals surface area contributed by atoms with E-state index in [0.717, 1.165) is 30.9 Å². The Hall–Kier alpha value is -2.46. The van der Waals surface area contributed by atoms with Gasteiger partial charge in [-0.25, -0.2) is 4.98 Å². The molecule has 104 valence electrons. The lowest BCUT2D eigenvalue weighted by molar-refractivity contribution is 0.764. The van der Waals surface area contributed by atoms with Crippen LogP contribution in [0, 0.1) is 0 Å². The van der Waals surface area contributed by atoms with Gasteiger partial charge in [0.05, 0.1) is 18.2 Å². The number of hydrogen-bond donors (Lipinski definition) is 1. The number of imidazole rings is 1. The Morgan fingerprint density at radius 2 is 1.86 bits per heavy atom. The second-order valence-electron chi connectivity index (χ2n) is 5.35. The first-order valence-electron chi connectivity index (χ1n) is 7.12. The second kappa shape index (κ2) is 5.14. The van der Waals surface area contributed by atoms with Gasteiger partial charge in [-0.15, -0.1) is 0 Å². The van der Waals surface area contributed by atoms with E-state index >= 15 is 0 Å². The summed E-state index contributed by atoms with van der Waals surface area (Å²) in [6.45, 7) is 2.80. The number of hydrogen-bond acceptors (Lipinski definition) is 3. The fourth-order valence-corrected chi connectivity index (χ4v) is 2.85. The van der Waals surface area contributed by atoms with Crippen molar-refractivity contribution < 1.29 is 0 Å². The van der Waals surface area contributed by atoms with E-state index in [0.29, 0.717) is 0 Å². The summed E-state index contributed by atoms with van der Waals surface area (Å²) >= 11 is 0. The van der Waals surface area contributed by atoms with E-state index in [1.807, 2.05) is 37.1 Å². The molecule has 0 radical (unpaired) electrons. The van der Waals surface area contributed by atoms with Crippen LogP contribution < -0.4 is 5.32 Å². The van der Waals surface area contributed by atoms with Gasteiger partial charge in [0.2, 0.25) is 0 Å². The largest absolute Gasteiger partial charge is 0.326 e. The minimum absolute atomic E-state index is 0.838. The smallest absolute Gasteiger partial charge is 0.0954 e. The first-order valence-corrected chi connectivity index (χ1v) is 7.12. The third kappa shape index (κ3) is 2.34. The molecule has 0 bridgehead atoms. The van der Waals surface area contributed by atoms with E-state index < -0.39 is 0 Å². The van der Waals surface area contributed by atoms with Crippen molar-refractivity contribution in [1.82, 2.24) is 19.9 Å². The van der Waals surface area contributed by atoms with Crippen LogP contribution in [-0.4, -0.2) is 14.5 Å². The van der Waals surface area contributed by atoms with Crippen molar-refractivity contribution in [2.75, 3.05) is 0 Å². The molecule has 0 spiro atoms. The predicted octanol–water partition coefficient (Wildman–Crippen LogP) is 2.60. The summed E-state index contributed by atoms with van der Waals surface area (Å²) in [5.41, 5.74) is 6.41. The van der Waals surface area contributed by atoms with Crippen LogP contribution in [0.1, 0.15) is 16.7 Å². The molecule has 1 aliphatic rings. The lowest BCUT2D eigenvalue weighted by atomic mass is 10.1. The molecule has 1 aromatic carbocycles. The maximum atomic E-state index is 4.30. The van der Waals surface area contributed by atoms with E-state index in [-0.39, 0.29) is 0 Å². The number of pyridine rings is 1. The highest BCUT2D eigenvalue weighted by Gasteiger charge is 2.11. The standard InChI is InChI=1S/C17H16N4/c1-2-15-8-19-9-16(15)7-13(1)11-21-12-20-10-17(21)14-3-5-18-6-4-14/h1-7,10,12,19H,8-9,11H2. The number of rotatable bonds is 3. The summed E-state index contributed by atoms with van der Waals surface area (Å²) in [6, 6.07) is 10.8. The molecule has 0 fully saturated rings. The Morgan fingerprint density at radius 1 is 1.00 bits per heavy atom. The molecule has 0 unspecified atom stereocenters. The molecule has 3 aromatic rings. The maximum absolute atomic E-state index is 4.30. The van der Waals surface area contributed by atoms with Crippen molar-refractivity contribution in [3.8, 4) is 11.3 Å². The average molecular weight is 276 g/mol. The highest BCUT2D eigenvalue weighted by atomic mass is 15.0. The zero-order valence-corrected chi connectivity index (χ0v) is 11.7. The molecule has 0 saturated heterocycles. The van der Waals surface area contributed by atoms with Crippen LogP contribution in [-0.2, 0) is 19.6 Å². The van der Waals surface area contributed by atoms with Gasteiger partial charge >= 0.3 is 0 Å². The summed E-state index contributed by atoms with van der Waals surface area (Å²) in [5, 5.41) is 3.38. The summed E-state index contributed by atoms with van der Waals surface area (Å²) in [4.78, 5) is 8.37. The molecule has 3 heterocycles. The highest BCUT2D eigenvalue weighted by Crippen LogP contribution is 2.21. The fourth-order valence-electron chi connectivity index (χ4n) is 2.85. The molecule has 1 N–H and O–H groups in total. The Labute approximate surface area is 123 Å². The number of nitrogens with one attached hydrogen (secondary N) is 1. The summed E-state index contributed by atoms with van der Waals surface area (Å²) < 4.78 is 2.18. The van der Waals surface area contributed by atoms with Gasteiger partial charge in [0.15, 0.2) is 0 Å². The van der Waals surface area contributed by atoms with E-state index in [4.69, 9.17) is 0 Å². The topological polar surface area (TPSA) is 42.7 Å². The van der Waals surface area contributed by atoms with Crippen LogP contribution in [0.5, 0.6) is 0 Å². The van der Waals surface area contributed by atoms with Crippen LogP contribution in [0.15, 0.2) is 55.2 Å². The number of benzene rings is 1. The van der Waals surface area contributed by atoms with Gasteiger partial charge in [0.25, 0.3) is 0 Å². The molecule has 0 amide bonds. The zero-order chi connectivity index (χ0) is 14.1. The Balaban J connectivity index is 1.65. The molecule has 0 atom stereocenters. The molecule has 4 nitrogen and oxygen atoms in total. The predicted molar refractivity (Wildman–Crippen MR) is 81.5 cm³/mol. The van der Waals surface area contributed by atoms with Crippen LogP contribution >= 0.6 is 0 Å². The van der Waals surface area contributed by atoms with Gasteiger partial charge in [-0.3, -0.25) is 4.98 Å². The number of aromatic nitrogens is 3. The minimum atomic E-state index is 0.838. The normalized spacial score (nSPS) is 13.3. The first kappa shape index (κ1) is 12.3. The zero-order valence-electron chi connectivity index (χ0n) is 11.7. The van der Waals surface area contributed by atoms with Crippen LogP contribution in [0.25, 0.3) is 11.3 Å². The molecule has 4 rings (SSSR count). The Bertz CT molecular complexity index is 761. The van der Waals surface area contributed by atoms with Crippen molar-refractivity contribution in [3.05, 3.63) is 71.9 Å². The quantitative estimate of drug-likeness (QED) is 0.799. The maximum Gasteiger partial charge on any atom is 0.0954 e. The van der Waals surface area contributed by atoms with Gasteiger partial charge in [-0.1, -0.05) is 18.2 Å². The van der Waals surface area contributed by atoms with Crippen molar-refractivity contribution in [1.29, 1.82) is 0 Å². The van der Waals surface area contributed by atoms with Crippen LogP contribution in [0.2, 0.25) is 0 Å². The highest BCUT2D eigenvalue weighted by molar-refractivity contribution is 5.58.